The molecule has 1 spiro atoms. The number of piperidine rings is 1. The number of rotatable bonds is 3. The number of hydrogen-bond acceptors (Lipinski definition) is 5. The highest BCUT2D eigenvalue weighted by atomic mass is 16.6. The summed E-state index contributed by atoms with van der Waals surface area (Å²) in [5.74, 6) is 1.21. The second-order valence-corrected chi connectivity index (χ2v) is 8.84. The maximum absolute atomic E-state index is 13.6. The molecule has 0 saturated carbocycles. The molecule has 3 saturated heterocycles. The zero-order valence-corrected chi connectivity index (χ0v) is 17.8. The summed E-state index contributed by atoms with van der Waals surface area (Å²) in [6.45, 7) is 3.66. The molecule has 2 aromatic heterocycles. The van der Waals surface area contributed by atoms with Crippen LogP contribution in [-0.2, 0) is 16.0 Å². The van der Waals surface area contributed by atoms with E-state index in [2.05, 4.69) is 46.2 Å². The average Bonchev–Trinajstić information content (AvgIpc) is 3.52. The summed E-state index contributed by atoms with van der Waals surface area (Å²) in [6, 6.07) is 14.8. The van der Waals surface area contributed by atoms with Crippen LogP contribution in [0.25, 0.3) is 5.65 Å². The number of aryl methyl sites for hydroxylation is 1. The molecule has 7 nitrogen and oxygen atoms in total. The SMILES string of the molecule is CCc1ccc(N2CCC3(CC2)O[C@@H]2CC[C@@H](c4ccccc4)N2C3=O)n2ncnc12. The lowest BCUT2D eigenvalue weighted by Gasteiger charge is -2.38. The standard InChI is InChI=1S/C24H27N5O2/c1-2-17-8-10-20(29-22(17)25-16-26-29)27-14-12-24(13-15-27)23(30)28-19(9-11-21(28)31-24)18-6-4-3-5-7-18/h3-8,10,16,19,21H,2,9,11-15H2,1H3/t19-,21+/m0/s1. The average molecular weight is 418 g/mol. The van der Waals surface area contributed by atoms with E-state index in [1.54, 1.807) is 6.33 Å². The van der Waals surface area contributed by atoms with E-state index in [0.717, 1.165) is 43.8 Å². The summed E-state index contributed by atoms with van der Waals surface area (Å²) in [6.07, 6.45) is 5.73. The molecule has 2 atom stereocenters. The lowest BCUT2D eigenvalue weighted by atomic mass is 9.89. The fourth-order valence-corrected chi connectivity index (χ4v) is 5.61. The van der Waals surface area contributed by atoms with Gasteiger partial charge < -0.3 is 14.5 Å². The molecule has 3 aromatic rings. The second kappa shape index (κ2) is 7.05. The quantitative estimate of drug-likeness (QED) is 0.654. The summed E-state index contributed by atoms with van der Waals surface area (Å²) >= 11 is 0. The van der Waals surface area contributed by atoms with Crippen molar-refractivity contribution in [1.29, 1.82) is 0 Å². The molecule has 0 aliphatic carbocycles. The minimum Gasteiger partial charge on any atom is -0.356 e. The van der Waals surface area contributed by atoms with Gasteiger partial charge in [0, 0.05) is 25.9 Å². The smallest absolute Gasteiger partial charge is 0.257 e. The van der Waals surface area contributed by atoms with Crippen molar-refractivity contribution in [3.05, 3.63) is 59.9 Å². The maximum atomic E-state index is 13.6. The number of ether oxygens (including phenoxy) is 1. The van der Waals surface area contributed by atoms with Gasteiger partial charge in [-0.05, 0) is 36.5 Å². The zero-order chi connectivity index (χ0) is 21.0. The number of carbonyl (C=O) groups excluding carboxylic acids is 1. The third-order valence-electron chi connectivity index (χ3n) is 7.26. The molecule has 0 radical (unpaired) electrons. The van der Waals surface area contributed by atoms with Crippen LogP contribution in [-0.4, -0.2) is 50.3 Å². The van der Waals surface area contributed by atoms with E-state index < -0.39 is 5.60 Å². The lowest BCUT2D eigenvalue weighted by molar-refractivity contribution is -0.140. The molecule has 0 bridgehead atoms. The second-order valence-electron chi connectivity index (χ2n) is 8.84. The summed E-state index contributed by atoms with van der Waals surface area (Å²) in [5.41, 5.74) is 2.64. The van der Waals surface area contributed by atoms with Gasteiger partial charge in [0.25, 0.3) is 5.91 Å². The minimum absolute atomic E-state index is 0.0879. The van der Waals surface area contributed by atoms with E-state index in [0.29, 0.717) is 12.8 Å². The van der Waals surface area contributed by atoms with Gasteiger partial charge in [-0.3, -0.25) is 4.79 Å². The highest BCUT2D eigenvalue weighted by molar-refractivity contribution is 5.88. The maximum Gasteiger partial charge on any atom is 0.257 e. The predicted molar refractivity (Wildman–Crippen MR) is 117 cm³/mol. The Balaban J connectivity index is 1.23. The Labute approximate surface area is 181 Å². The van der Waals surface area contributed by atoms with E-state index in [1.165, 1.54) is 11.1 Å². The molecular formula is C24H27N5O2. The molecule has 7 heteroatoms. The Kier molecular flexibility index (Phi) is 4.28. The Hall–Kier alpha value is -2.93. The number of benzene rings is 1. The number of nitrogens with zero attached hydrogens (tertiary/aromatic N) is 5. The van der Waals surface area contributed by atoms with Crippen LogP contribution in [0.5, 0.6) is 0 Å². The first-order valence-electron chi connectivity index (χ1n) is 11.3. The molecule has 3 fully saturated rings. The van der Waals surface area contributed by atoms with Crippen LogP contribution in [0.4, 0.5) is 5.82 Å². The topological polar surface area (TPSA) is 63.0 Å². The number of anilines is 1. The Morgan fingerprint density at radius 2 is 1.90 bits per heavy atom. The van der Waals surface area contributed by atoms with E-state index >= 15 is 0 Å². The number of hydrogen-bond donors (Lipinski definition) is 0. The fraction of sp³-hybridized carbons (Fsp3) is 0.458. The molecule has 1 amide bonds. The zero-order valence-electron chi connectivity index (χ0n) is 17.8. The third-order valence-corrected chi connectivity index (χ3v) is 7.26. The molecule has 1 aromatic carbocycles. The van der Waals surface area contributed by atoms with E-state index in [4.69, 9.17) is 4.74 Å². The first kappa shape index (κ1) is 18.8. The van der Waals surface area contributed by atoms with Crippen molar-refractivity contribution in [3.8, 4) is 0 Å². The Bertz CT molecular complexity index is 1120. The van der Waals surface area contributed by atoms with Gasteiger partial charge in [-0.2, -0.15) is 9.61 Å². The highest BCUT2D eigenvalue weighted by Crippen LogP contribution is 2.47. The largest absolute Gasteiger partial charge is 0.356 e. The molecule has 6 rings (SSSR count). The van der Waals surface area contributed by atoms with E-state index in [9.17, 15) is 4.79 Å². The minimum atomic E-state index is -0.681. The first-order valence-corrected chi connectivity index (χ1v) is 11.3. The van der Waals surface area contributed by atoms with Crippen molar-refractivity contribution >= 4 is 17.4 Å². The Morgan fingerprint density at radius 1 is 1.10 bits per heavy atom. The van der Waals surface area contributed by atoms with Crippen molar-refractivity contribution in [2.45, 2.75) is 56.9 Å². The molecule has 3 aliphatic heterocycles. The van der Waals surface area contributed by atoms with Gasteiger partial charge in [-0.15, -0.1) is 0 Å². The van der Waals surface area contributed by atoms with Gasteiger partial charge in [-0.25, -0.2) is 4.98 Å². The van der Waals surface area contributed by atoms with E-state index in [1.807, 2.05) is 27.6 Å². The third kappa shape index (κ3) is 2.79. The van der Waals surface area contributed by atoms with Gasteiger partial charge >= 0.3 is 0 Å². The highest BCUT2D eigenvalue weighted by Gasteiger charge is 2.58. The van der Waals surface area contributed by atoms with Crippen LogP contribution >= 0.6 is 0 Å². The summed E-state index contributed by atoms with van der Waals surface area (Å²) in [5, 5.41) is 4.45. The molecule has 3 aliphatic rings. The van der Waals surface area contributed by atoms with Crippen molar-refractivity contribution in [3.63, 3.8) is 0 Å². The summed E-state index contributed by atoms with van der Waals surface area (Å²) < 4.78 is 8.41. The number of carbonyl (C=O) groups is 1. The molecule has 160 valence electrons. The first-order chi connectivity index (χ1) is 15.2. The van der Waals surface area contributed by atoms with E-state index in [-0.39, 0.29) is 18.2 Å². The van der Waals surface area contributed by atoms with Crippen LogP contribution in [0.2, 0.25) is 0 Å². The molecule has 5 heterocycles. The van der Waals surface area contributed by atoms with Gasteiger partial charge in [0.2, 0.25) is 0 Å². The number of pyridine rings is 1. The number of aromatic nitrogens is 3. The Morgan fingerprint density at radius 3 is 2.68 bits per heavy atom. The normalized spacial score (nSPS) is 25.0. The van der Waals surface area contributed by atoms with Gasteiger partial charge in [0.1, 0.15) is 18.4 Å². The van der Waals surface area contributed by atoms with Crippen LogP contribution in [0.3, 0.4) is 0 Å². The number of amides is 1. The van der Waals surface area contributed by atoms with Gasteiger partial charge in [-0.1, -0.05) is 43.3 Å². The van der Waals surface area contributed by atoms with Crippen LogP contribution in [0.1, 0.15) is 49.8 Å². The van der Waals surface area contributed by atoms with Crippen molar-refractivity contribution in [1.82, 2.24) is 19.5 Å². The van der Waals surface area contributed by atoms with Crippen LogP contribution < -0.4 is 4.90 Å². The van der Waals surface area contributed by atoms with Crippen molar-refractivity contribution in [2.75, 3.05) is 18.0 Å². The summed E-state index contributed by atoms with van der Waals surface area (Å²) in [4.78, 5) is 22.4. The van der Waals surface area contributed by atoms with Crippen molar-refractivity contribution in [2.24, 2.45) is 0 Å². The molecule has 0 N–H and O–H groups in total. The monoisotopic (exact) mass is 417 g/mol. The van der Waals surface area contributed by atoms with Crippen molar-refractivity contribution < 1.29 is 9.53 Å². The lowest BCUT2D eigenvalue weighted by Crippen LogP contribution is -2.50. The number of fused-ring (bicyclic) bond motifs is 2. The van der Waals surface area contributed by atoms with Gasteiger partial charge in [0.15, 0.2) is 11.2 Å². The van der Waals surface area contributed by atoms with Gasteiger partial charge in [0.05, 0.1) is 6.04 Å². The molecule has 0 unspecified atom stereocenters. The fourth-order valence-electron chi connectivity index (χ4n) is 5.61. The molecular weight excluding hydrogens is 390 g/mol. The predicted octanol–water partition coefficient (Wildman–Crippen LogP) is 3.35. The summed E-state index contributed by atoms with van der Waals surface area (Å²) in [7, 11) is 0. The van der Waals surface area contributed by atoms with Crippen LogP contribution in [0, 0.1) is 0 Å². The van der Waals surface area contributed by atoms with Crippen LogP contribution in [0.15, 0.2) is 48.8 Å². The molecule has 31 heavy (non-hydrogen) atoms.